The number of alkyl halides is 3. The summed E-state index contributed by atoms with van der Waals surface area (Å²) in [4.78, 5) is 20.5. The van der Waals surface area contributed by atoms with Gasteiger partial charge < -0.3 is 4.74 Å². The van der Waals surface area contributed by atoms with E-state index in [1.54, 1.807) is 12.1 Å². The van der Waals surface area contributed by atoms with Crippen LogP contribution < -0.4 is 10.1 Å². The lowest BCUT2D eigenvalue weighted by atomic mass is 10.0. The smallest absolute Gasteiger partial charge is 0.433 e. The fraction of sp³-hybridized carbons (Fsp3) is 0.200. The summed E-state index contributed by atoms with van der Waals surface area (Å²) in [5.41, 5.74) is 0.855. The van der Waals surface area contributed by atoms with E-state index in [1.165, 1.54) is 36.9 Å². The zero-order chi connectivity index (χ0) is 26.2. The molecule has 37 heavy (non-hydrogen) atoms. The number of carbonyl (C=O) groups is 1. The largest absolute Gasteiger partial charge is 0.494 e. The molecule has 3 heterocycles. The van der Waals surface area contributed by atoms with Crippen LogP contribution in [0.2, 0.25) is 0 Å². The number of hydrogen-bond donors (Lipinski definition) is 1. The number of ether oxygens (including phenoxy) is 1. The maximum atomic E-state index is 13.3. The zero-order valence-corrected chi connectivity index (χ0v) is 20.0. The normalized spacial score (nSPS) is 16.6. The van der Waals surface area contributed by atoms with Gasteiger partial charge in [-0.1, -0.05) is 23.5 Å². The van der Waals surface area contributed by atoms with E-state index in [2.05, 4.69) is 31.6 Å². The molecule has 1 fully saturated rings. The number of aromatic nitrogens is 4. The van der Waals surface area contributed by atoms with Crippen LogP contribution in [0.15, 0.2) is 55.0 Å². The monoisotopic (exact) mass is 522 g/mol. The van der Waals surface area contributed by atoms with Crippen molar-refractivity contribution in [2.24, 2.45) is 0 Å². The van der Waals surface area contributed by atoms with Crippen LogP contribution >= 0.6 is 11.3 Å². The van der Waals surface area contributed by atoms with E-state index in [0.29, 0.717) is 5.56 Å². The Hall–Kier alpha value is -4.37. The molecule has 2 unspecified atom stereocenters. The number of halogens is 3. The first-order chi connectivity index (χ1) is 17.8. The summed E-state index contributed by atoms with van der Waals surface area (Å²) in [6.07, 6.45) is -0.164. The first-order valence-electron chi connectivity index (χ1n) is 11.0. The number of nitriles is 1. The third kappa shape index (κ3) is 4.99. The number of rotatable bonds is 6. The second kappa shape index (κ2) is 9.59. The SMILES string of the molecule is COc1cnc(C(F)(F)F)cc1-c1cnccc1C(=O)Nc1nnc(C2CC2c2ccc(C#N)cc2)s1. The molecule has 0 bridgehead atoms. The topological polar surface area (TPSA) is 114 Å². The molecule has 186 valence electrons. The molecule has 8 nitrogen and oxygen atoms in total. The van der Waals surface area contributed by atoms with Crippen LogP contribution in [0.4, 0.5) is 18.3 Å². The summed E-state index contributed by atoms with van der Waals surface area (Å²) in [6.45, 7) is 0. The van der Waals surface area contributed by atoms with Crippen molar-refractivity contribution in [3.8, 4) is 22.9 Å². The van der Waals surface area contributed by atoms with Gasteiger partial charge in [-0.2, -0.15) is 18.4 Å². The average molecular weight is 523 g/mol. The number of carbonyl (C=O) groups excluding carboxylic acids is 1. The Labute approximate surface area is 212 Å². The molecular formula is C25H17F3N6O2S. The maximum Gasteiger partial charge on any atom is 0.433 e. The molecule has 3 aromatic heterocycles. The summed E-state index contributed by atoms with van der Waals surface area (Å²) in [5, 5.41) is 21.0. The number of benzene rings is 1. The van der Waals surface area contributed by atoms with E-state index in [4.69, 9.17) is 10.00 Å². The highest BCUT2D eigenvalue weighted by atomic mass is 32.1. The first kappa shape index (κ1) is 24.3. The highest BCUT2D eigenvalue weighted by Crippen LogP contribution is 2.55. The number of methoxy groups -OCH3 is 1. The van der Waals surface area contributed by atoms with Crippen LogP contribution in [0.1, 0.15) is 50.4 Å². The molecule has 1 aromatic carbocycles. The van der Waals surface area contributed by atoms with E-state index in [0.717, 1.165) is 29.3 Å². The van der Waals surface area contributed by atoms with Gasteiger partial charge in [0.25, 0.3) is 5.91 Å². The van der Waals surface area contributed by atoms with Gasteiger partial charge in [-0.05, 0) is 42.2 Å². The van der Waals surface area contributed by atoms with Crippen molar-refractivity contribution in [2.75, 3.05) is 12.4 Å². The van der Waals surface area contributed by atoms with E-state index < -0.39 is 17.8 Å². The Morgan fingerprint density at radius 1 is 1.14 bits per heavy atom. The molecule has 1 amide bonds. The molecule has 12 heteroatoms. The summed E-state index contributed by atoms with van der Waals surface area (Å²) < 4.78 is 45.0. The number of pyridine rings is 2. The Morgan fingerprint density at radius 3 is 2.62 bits per heavy atom. The van der Waals surface area contributed by atoms with Crippen molar-refractivity contribution in [3.05, 3.63) is 82.4 Å². The number of anilines is 1. The molecule has 1 aliphatic rings. The van der Waals surface area contributed by atoms with Crippen LogP contribution in [0, 0.1) is 11.3 Å². The zero-order valence-electron chi connectivity index (χ0n) is 19.2. The Balaban J connectivity index is 1.36. The maximum absolute atomic E-state index is 13.3. The van der Waals surface area contributed by atoms with Crippen molar-refractivity contribution >= 4 is 22.4 Å². The van der Waals surface area contributed by atoms with Gasteiger partial charge in [0.15, 0.2) is 0 Å². The molecule has 0 aliphatic heterocycles. The van der Waals surface area contributed by atoms with E-state index in [1.807, 2.05) is 12.1 Å². The molecule has 0 radical (unpaired) electrons. The molecular weight excluding hydrogens is 505 g/mol. The Bertz CT molecular complexity index is 1510. The quantitative estimate of drug-likeness (QED) is 0.360. The third-order valence-electron chi connectivity index (χ3n) is 5.97. The summed E-state index contributed by atoms with van der Waals surface area (Å²) in [6, 6.07) is 11.7. The fourth-order valence-electron chi connectivity index (χ4n) is 4.02. The number of nitrogens with one attached hydrogen (secondary N) is 1. The molecule has 1 aliphatic carbocycles. The van der Waals surface area contributed by atoms with E-state index in [9.17, 15) is 18.0 Å². The standard InChI is InChI=1S/C25H17F3N6O2S/c1-36-20-12-31-21(25(26,27)28)9-17(20)19-11-30-7-6-15(19)22(35)32-24-34-33-23(37-24)18-8-16(18)14-4-2-13(10-29)3-5-14/h2-7,9,11-12,16,18H,8H2,1H3,(H,32,34,35). The van der Waals surface area contributed by atoms with Crippen LogP contribution in [-0.4, -0.2) is 33.2 Å². The van der Waals surface area contributed by atoms with E-state index in [-0.39, 0.29) is 39.4 Å². The fourth-order valence-corrected chi connectivity index (χ4v) is 4.94. The third-order valence-corrected chi connectivity index (χ3v) is 6.94. The van der Waals surface area contributed by atoms with Gasteiger partial charge in [0.05, 0.1) is 30.5 Å². The molecule has 0 saturated heterocycles. The van der Waals surface area contributed by atoms with Crippen LogP contribution in [-0.2, 0) is 6.18 Å². The highest BCUT2D eigenvalue weighted by Gasteiger charge is 2.42. The molecule has 1 N–H and O–H groups in total. The summed E-state index contributed by atoms with van der Waals surface area (Å²) in [7, 11) is 1.30. The van der Waals surface area contributed by atoms with Crippen molar-refractivity contribution in [3.63, 3.8) is 0 Å². The van der Waals surface area contributed by atoms with Gasteiger partial charge in [0, 0.05) is 29.4 Å². The van der Waals surface area contributed by atoms with Gasteiger partial charge in [-0.3, -0.25) is 15.1 Å². The van der Waals surface area contributed by atoms with Crippen molar-refractivity contribution in [1.29, 1.82) is 5.26 Å². The first-order valence-corrected chi connectivity index (χ1v) is 11.8. The highest BCUT2D eigenvalue weighted by molar-refractivity contribution is 7.15. The van der Waals surface area contributed by atoms with Gasteiger partial charge in [-0.25, -0.2) is 4.98 Å². The molecule has 5 rings (SSSR count). The minimum absolute atomic E-state index is 0.0317. The number of hydrogen-bond acceptors (Lipinski definition) is 8. The van der Waals surface area contributed by atoms with Gasteiger partial charge in [0.2, 0.25) is 5.13 Å². The molecule has 0 spiro atoms. The molecule has 2 atom stereocenters. The lowest BCUT2D eigenvalue weighted by Crippen LogP contribution is -2.14. The van der Waals surface area contributed by atoms with Crippen LogP contribution in [0.3, 0.4) is 0 Å². The van der Waals surface area contributed by atoms with Crippen LogP contribution in [0.25, 0.3) is 11.1 Å². The second-order valence-corrected chi connectivity index (χ2v) is 9.28. The molecule has 1 saturated carbocycles. The predicted octanol–water partition coefficient (Wildman–Crippen LogP) is 5.42. The summed E-state index contributed by atoms with van der Waals surface area (Å²) in [5.74, 6) is -0.0877. The predicted molar refractivity (Wildman–Crippen MR) is 128 cm³/mol. The van der Waals surface area contributed by atoms with Crippen LogP contribution in [0.5, 0.6) is 5.75 Å². The Morgan fingerprint density at radius 2 is 1.92 bits per heavy atom. The van der Waals surface area contributed by atoms with Gasteiger partial charge in [-0.15, -0.1) is 10.2 Å². The van der Waals surface area contributed by atoms with Crippen molar-refractivity contribution in [2.45, 2.75) is 24.4 Å². The molecule has 4 aromatic rings. The average Bonchev–Trinajstić information content (AvgIpc) is 3.58. The van der Waals surface area contributed by atoms with Crippen molar-refractivity contribution in [1.82, 2.24) is 20.2 Å². The lowest BCUT2D eigenvalue weighted by Gasteiger charge is -2.14. The summed E-state index contributed by atoms with van der Waals surface area (Å²) >= 11 is 1.24. The number of amides is 1. The van der Waals surface area contributed by atoms with Gasteiger partial charge in [0.1, 0.15) is 16.5 Å². The van der Waals surface area contributed by atoms with Crippen molar-refractivity contribution < 1.29 is 22.7 Å². The number of nitrogens with zero attached hydrogens (tertiary/aromatic N) is 5. The Kier molecular flexibility index (Phi) is 6.31. The van der Waals surface area contributed by atoms with E-state index >= 15 is 0 Å². The minimum Gasteiger partial charge on any atom is -0.494 e. The second-order valence-electron chi connectivity index (χ2n) is 8.27. The lowest BCUT2D eigenvalue weighted by molar-refractivity contribution is -0.141. The van der Waals surface area contributed by atoms with Gasteiger partial charge >= 0.3 is 6.18 Å². The minimum atomic E-state index is -4.67.